The Morgan fingerprint density at radius 1 is 0.957 bits per heavy atom. The number of carbonyl (C=O) groups is 1. The Balaban J connectivity index is 3.22. The van der Waals surface area contributed by atoms with E-state index in [1.54, 1.807) is 77.8 Å². The van der Waals surface area contributed by atoms with Crippen LogP contribution in [0.25, 0.3) is 0 Å². The lowest BCUT2D eigenvalue weighted by Crippen LogP contribution is -2.30. The summed E-state index contributed by atoms with van der Waals surface area (Å²) in [5, 5.41) is 0. The molecule has 0 spiro atoms. The fraction of sp³-hybridized carbons (Fsp3) is 0.444. The molecule has 124 valence electrons. The van der Waals surface area contributed by atoms with Crippen molar-refractivity contribution in [2.75, 3.05) is 0 Å². The highest BCUT2D eigenvalue weighted by atomic mass is 16.6. The molecule has 0 heterocycles. The summed E-state index contributed by atoms with van der Waals surface area (Å²) in [7, 11) is 0. The summed E-state index contributed by atoms with van der Waals surface area (Å²) < 4.78 is 11.2. The maximum atomic E-state index is 12.3. The van der Waals surface area contributed by atoms with E-state index in [9.17, 15) is 9.59 Å². The molecule has 0 N–H and O–H groups in total. The van der Waals surface area contributed by atoms with Crippen LogP contribution in [-0.4, -0.2) is 28.9 Å². The minimum Gasteiger partial charge on any atom is -0.474 e. The number of hydrogen-bond donors (Lipinski definition) is 0. The highest BCUT2D eigenvalue weighted by Crippen LogP contribution is 2.18. The molecule has 0 radical (unpaired) electrons. The van der Waals surface area contributed by atoms with Crippen LogP contribution < -0.4 is 0 Å². The van der Waals surface area contributed by atoms with Gasteiger partial charge in [0.05, 0.1) is 0 Å². The highest BCUT2D eigenvalue weighted by molar-refractivity contribution is 6.08. The standard InChI is InChI=1S/C18H23NO4/c1-17(2,3)22-14(12-20)16(23-18(4,5)6)19-15(21)13-10-8-7-9-11-13/h7-11H,1-6H3. The first-order chi connectivity index (χ1) is 10.5. The average molecular weight is 317 g/mol. The van der Waals surface area contributed by atoms with Crippen LogP contribution in [-0.2, 0) is 14.3 Å². The number of amides is 1. The number of carbonyl (C=O) groups excluding carboxylic acids is 2. The maximum Gasteiger partial charge on any atom is 0.280 e. The van der Waals surface area contributed by atoms with Gasteiger partial charge < -0.3 is 9.47 Å². The lowest BCUT2D eigenvalue weighted by molar-refractivity contribution is 0.0471. The first-order valence-electron chi connectivity index (χ1n) is 7.33. The van der Waals surface area contributed by atoms with Crippen LogP contribution in [0.5, 0.6) is 0 Å². The van der Waals surface area contributed by atoms with E-state index >= 15 is 0 Å². The third-order valence-electron chi connectivity index (χ3n) is 2.32. The Labute approximate surface area is 137 Å². The molecule has 0 aromatic heterocycles. The van der Waals surface area contributed by atoms with Gasteiger partial charge in [-0.2, -0.15) is 4.99 Å². The van der Waals surface area contributed by atoms with Gasteiger partial charge in [0.25, 0.3) is 17.6 Å². The zero-order valence-electron chi connectivity index (χ0n) is 14.5. The molecule has 1 amide bonds. The summed E-state index contributed by atoms with van der Waals surface area (Å²) >= 11 is 0. The molecule has 1 rings (SSSR count). The van der Waals surface area contributed by atoms with E-state index in [1.165, 1.54) is 0 Å². The summed E-state index contributed by atoms with van der Waals surface area (Å²) in [5.41, 5.74) is -0.910. The van der Waals surface area contributed by atoms with Crippen molar-refractivity contribution >= 4 is 17.7 Å². The van der Waals surface area contributed by atoms with Gasteiger partial charge in [0.1, 0.15) is 11.2 Å². The van der Waals surface area contributed by atoms with Crippen molar-refractivity contribution in [3.8, 4) is 0 Å². The van der Waals surface area contributed by atoms with Crippen LogP contribution in [0, 0.1) is 0 Å². The SMILES string of the molecule is CC(C)(C)OC(=C=O)C(=NC(=O)c1ccccc1)OC(C)(C)C. The Kier molecular flexibility index (Phi) is 5.88. The molecular formula is C18H23NO4. The molecule has 0 aliphatic rings. The smallest absolute Gasteiger partial charge is 0.280 e. The zero-order chi connectivity index (χ0) is 17.7. The molecule has 0 aliphatic carbocycles. The molecule has 5 heteroatoms. The number of hydrogen-bond acceptors (Lipinski definition) is 4. The Morgan fingerprint density at radius 2 is 1.48 bits per heavy atom. The van der Waals surface area contributed by atoms with Gasteiger partial charge in [0.15, 0.2) is 5.94 Å². The third kappa shape index (κ3) is 6.94. The minimum atomic E-state index is -0.654. The maximum absolute atomic E-state index is 12.3. The fourth-order valence-corrected chi connectivity index (χ4v) is 1.56. The van der Waals surface area contributed by atoms with E-state index in [0.29, 0.717) is 5.56 Å². The number of aliphatic imine (C=N–C) groups is 1. The number of rotatable bonds is 3. The van der Waals surface area contributed by atoms with Crippen LogP contribution in [0.1, 0.15) is 51.9 Å². The van der Waals surface area contributed by atoms with Crippen molar-refractivity contribution in [2.45, 2.75) is 52.7 Å². The van der Waals surface area contributed by atoms with E-state index in [2.05, 4.69) is 4.99 Å². The van der Waals surface area contributed by atoms with E-state index in [1.807, 2.05) is 0 Å². The second-order valence-corrected chi connectivity index (χ2v) is 6.95. The monoisotopic (exact) mass is 317 g/mol. The quantitative estimate of drug-likeness (QED) is 0.370. The van der Waals surface area contributed by atoms with Gasteiger partial charge in [0, 0.05) is 5.56 Å². The molecule has 0 fully saturated rings. The van der Waals surface area contributed by atoms with Crippen molar-refractivity contribution in [3.63, 3.8) is 0 Å². The van der Waals surface area contributed by atoms with Gasteiger partial charge in [-0.05, 0) is 53.7 Å². The first kappa shape index (κ1) is 18.7. The molecule has 1 aromatic rings. The molecular weight excluding hydrogens is 294 g/mol. The van der Waals surface area contributed by atoms with Gasteiger partial charge in [0.2, 0.25) is 0 Å². The second kappa shape index (κ2) is 7.25. The van der Waals surface area contributed by atoms with Crippen LogP contribution in [0.15, 0.2) is 41.1 Å². The molecule has 0 saturated heterocycles. The normalized spacial score (nSPS) is 12.3. The predicted octanol–water partition coefficient (Wildman–Crippen LogP) is 3.57. The first-order valence-corrected chi connectivity index (χ1v) is 7.33. The fourth-order valence-electron chi connectivity index (χ4n) is 1.56. The second-order valence-electron chi connectivity index (χ2n) is 6.95. The van der Waals surface area contributed by atoms with Gasteiger partial charge in [-0.25, -0.2) is 4.79 Å². The molecule has 5 nitrogen and oxygen atoms in total. The van der Waals surface area contributed by atoms with E-state index in [-0.39, 0.29) is 11.7 Å². The molecule has 0 atom stereocenters. The average Bonchev–Trinajstić information content (AvgIpc) is 2.42. The summed E-state index contributed by atoms with van der Waals surface area (Å²) in [6.45, 7) is 10.7. The Hall–Kier alpha value is -2.39. The molecule has 23 heavy (non-hydrogen) atoms. The van der Waals surface area contributed by atoms with Crippen molar-refractivity contribution in [1.82, 2.24) is 0 Å². The highest BCUT2D eigenvalue weighted by Gasteiger charge is 2.25. The van der Waals surface area contributed by atoms with E-state index in [4.69, 9.17) is 9.47 Å². The molecule has 0 saturated carbocycles. The number of nitrogens with zero attached hydrogens (tertiary/aromatic N) is 1. The lowest BCUT2D eigenvalue weighted by Gasteiger charge is -2.26. The molecule has 1 aromatic carbocycles. The summed E-state index contributed by atoms with van der Waals surface area (Å²) in [6, 6.07) is 8.53. The summed E-state index contributed by atoms with van der Waals surface area (Å²) in [4.78, 5) is 27.4. The lowest BCUT2D eigenvalue weighted by atomic mass is 10.2. The third-order valence-corrected chi connectivity index (χ3v) is 2.32. The van der Waals surface area contributed by atoms with Gasteiger partial charge in [-0.15, -0.1) is 0 Å². The zero-order valence-corrected chi connectivity index (χ0v) is 14.5. The van der Waals surface area contributed by atoms with Crippen LogP contribution >= 0.6 is 0 Å². The number of ether oxygens (including phenoxy) is 2. The van der Waals surface area contributed by atoms with Crippen molar-refractivity contribution < 1.29 is 19.1 Å². The van der Waals surface area contributed by atoms with Crippen LogP contribution in [0.2, 0.25) is 0 Å². The topological polar surface area (TPSA) is 65.0 Å². The number of benzene rings is 1. The van der Waals surface area contributed by atoms with E-state index < -0.39 is 17.1 Å². The minimum absolute atomic E-state index is 0.170. The predicted molar refractivity (Wildman–Crippen MR) is 89.1 cm³/mol. The molecule has 0 aliphatic heterocycles. The summed E-state index contributed by atoms with van der Waals surface area (Å²) in [6.07, 6.45) is 0. The van der Waals surface area contributed by atoms with Gasteiger partial charge in [-0.3, -0.25) is 4.79 Å². The largest absolute Gasteiger partial charge is 0.474 e. The van der Waals surface area contributed by atoms with Gasteiger partial charge >= 0.3 is 0 Å². The van der Waals surface area contributed by atoms with Crippen molar-refractivity contribution in [2.24, 2.45) is 4.99 Å². The molecule has 0 bridgehead atoms. The molecule has 0 unspecified atom stereocenters. The van der Waals surface area contributed by atoms with E-state index in [0.717, 1.165) is 0 Å². The summed E-state index contributed by atoms with van der Waals surface area (Å²) in [5.74, 6) is 0.761. The van der Waals surface area contributed by atoms with Crippen LogP contribution in [0.3, 0.4) is 0 Å². The van der Waals surface area contributed by atoms with Crippen molar-refractivity contribution in [3.05, 3.63) is 41.7 Å². The van der Waals surface area contributed by atoms with Crippen LogP contribution in [0.4, 0.5) is 0 Å². The van der Waals surface area contributed by atoms with Gasteiger partial charge in [-0.1, -0.05) is 18.2 Å². The Bertz CT molecular complexity index is 627. The Morgan fingerprint density at radius 3 is 1.91 bits per heavy atom. The van der Waals surface area contributed by atoms with Crippen molar-refractivity contribution in [1.29, 1.82) is 0 Å².